The second-order valence-corrected chi connectivity index (χ2v) is 8.17. The van der Waals surface area contributed by atoms with Crippen molar-refractivity contribution in [3.05, 3.63) is 63.9 Å². The molecule has 3 rings (SSSR count). The fraction of sp³-hybridized carbons (Fsp3) is 0.318. The molecule has 1 unspecified atom stereocenters. The molecule has 0 radical (unpaired) electrons. The molecular weight excluding hydrogens is 404 g/mol. The molecule has 0 bridgehead atoms. The van der Waals surface area contributed by atoms with Crippen LogP contribution in [-0.4, -0.2) is 34.2 Å². The van der Waals surface area contributed by atoms with E-state index >= 15 is 0 Å². The third kappa shape index (κ3) is 5.34. The van der Waals surface area contributed by atoms with E-state index in [-0.39, 0.29) is 5.92 Å². The second-order valence-electron chi connectivity index (χ2n) is 7.02. The van der Waals surface area contributed by atoms with Crippen molar-refractivity contribution in [1.29, 1.82) is 0 Å². The molecule has 0 saturated heterocycles. The van der Waals surface area contributed by atoms with Crippen LogP contribution in [0.5, 0.6) is 10.9 Å². The van der Waals surface area contributed by atoms with Crippen LogP contribution in [0.15, 0.2) is 41.4 Å². The Balaban J connectivity index is 1.76. The van der Waals surface area contributed by atoms with Crippen LogP contribution in [0.2, 0.25) is 5.02 Å². The van der Waals surface area contributed by atoms with Crippen molar-refractivity contribution >= 4 is 35.2 Å². The van der Waals surface area contributed by atoms with E-state index in [9.17, 15) is 0 Å². The highest BCUT2D eigenvalue weighted by Gasteiger charge is 2.16. The summed E-state index contributed by atoms with van der Waals surface area (Å²) in [6.07, 6.45) is 1.84. The number of aliphatic imine (C=N–C) groups is 1. The van der Waals surface area contributed by atoms with Gasteiger partial charge < -0.3 is 9.64 Å². The van der Waals surface area contributed by atoms with Crippen molar-refractivity contribution < 1.29 is 4.74 Å². The summed E-state index contributed by atoms with van der Waals surface area (Å²) in [5, 5.41) is 1.25. The van der Waals surface area contributed by atoms with Gasteiger partial charge in [0, 0.05) is 36.1 Å². The molecule has 3 aromatic rings. The van der Waals surface area contributed by atoms with Crippen LogP contribution in [0, 0.1) is 13.8 Å². The fourth-order valence-electron chi connectivity index (χ4n) is 2.70. The molecule has 0 saturated carbocycles. The third-order valence-electron chi connectivity index (χ3n) is 4.76. The van der Waals surface area contributed by atoms with Crippen molar-refractivity contribution in [2.75, 3.05) is 13.6 Å². The molecule has 1 atom stereocenters. The SMILES string of the molecule is CCN(C)C=Nc1cc(C)c(Oc2nc(C(C)c3ccc(Cl)cc3)ns2)cc1C. The molecule has 5 nitrogen and oxygen atoms in total. The van der Waals surface area contributed by atoms with Crippen LogP contribution in [0.25, 0.3) is 0 Å². The standard InChI is InChI=1S/C22H25ClN4OS/c1-6-27(5)13-24-19-11-15(3)20(12-14(19)2)28-22-25-21(26-29-22)16(4)17-7-9-18(23)10-8-17/h7-13,16H,6H2,1-5H3. The summed E-state index contributed by atoms with van der Waals surface area (Å²) in [5.74, 6) is 1.58. The molecule has 0 aliphatic carbocycles. The molecule has 0 aliphatic rings. The average Bonchev–Trinajstić information content (AvgIpc) is 3.17. The van der Waals surface area contributed by atoms with Gasteiger partial charge in [0.1, 0.15) is 5.75 Å². The van der Waals surface area contributed by atoms with E-state index in [4.69, 9.17) is 16.3 Å². The summed E-state index contributed by atoms with van der Waals surface area (Å²) >= 11 is 7.24. The number of hydrogen-bond acceptors (Lipinski definition) is 5. The van der Waals surface area contributed by atoms with Crippen molar-refractivity contribution in [3.8, 4) is 10.9 Å². The van der Waals surface area contributed by atoms with Gasteiger partial charge in [-0.25, -0.2) is 4.99 Å². The molecule has 0 amide bonds. The van der Waals surface area contributed by atoms with Gasteiger partial charge in [0.2, 0.25) is 0 Å². The van der Waals surface area contributed by atoms with Gasteiger partial charge in [-0.1, -0.05) is 30.7 Å². The number of aromatic nitrogens is 2. The Bertz CT molecular complexity index is 1000. The van der Waals surface area contributed by atoms with E-state index in [1.165, 1.54) is 11.5 Å². The molecule has 0 N–H and O–H groups in total. The van der Waals surface area contributed by atoms with Crippen molar-refractivity contribution in [3.63, 3.8) is 0 Å². The van der Waals surface area contributed by atoms with E-state index in [0.717, 1.165) is 45.5 Å². The fourth-order valence-corrected chi connectivity index (χ4v) is 3.46. The van der Waals surface area contributed by atoms with E-state index in [1.54, 1.807) is 0 Å². The van der Waals surface area contributed by atoms with E-state index in [0.29, 0.717) is 5.19 Å². The molecule has 0 fully saturated rings. The maximum Gasteiger partial charge on any atom is 0.298 e. The predicted octanol–water partition coefficient (Wildman–Crippen LogP) is 6.36. The van der Waals surface area contributed by atoms with E-state index in [1.807, 2.05) is 68.5 Å². The molecule has 7 heteroatoms. The normalized spacial score (nSPS) is 12.3. The quantitative estimate of drug-likeness (QED) is 0.324. The molecule has 0 spiro atoms. The zero-order valence-corrected chi connectivity index (χ0v) is 18.9. The zero-order chi connectivity index (χ0) is 21.0. The summed E-state index contributed by atoms with van der Waals surface area (Å²) in [5.41, 5.74) is 4.10. The van der Waals surface area contributed by atoms with Crippen LogP contribution < -0.4 is 4.74 Å². The number of ether oxygens (including phenoxy) is 1. The third-order valence-corrected chi connectivity index (χ3v) is 5.63. The first kappa shape index (κ1) is 21.3. The lowest BCUT2D eigenvalue weighted by molar-refractivity contribution is 0.472. The first-order chi connectivity index (χ1) is 13.9. The Morgan fingerprint density at radius 1 is 1.21 bits per heavy atom. The van der Waals surface area contributed by atoms with Gasteiger partial charge in [-0.15, -0.1) is 0 Å². The van der Waals surface area contributed by atoms with Crippen molar-refractivity contribution in [2.45, 2.75) is 33.6 Å². The summed E-state index contributed by atoms with van der Waals surface area (Å²) in [7, 11) is 2.00. The molecule has 29 heavy (non-hydrogen) atoms. The predicted molar refractivity (Wildman–Crippen MR) is 121 cm³/mol. The van der Waals surface area contributed by atoms with Gasteiger partial charge in [0.25, 0.3) is 5.19 Å². The Kier molecular flexibility index (Phi) is 6.87. The molecule has 152 valence electrons. The first-order valence-corrected chi connectivity index (χ1v) is 10.6. The van der Waals surface area contributed by atoms with Crippen LogP contribution in [0.4, 0.5) is 5.69 Å². The number of benzene rings is 2. The highest BCUT2D eigenvalue weighted by molar-refractivity contribution is 7.07. The Morgan fingerprint density at radius 2 is 1.93 bits per heavy atom. The number of hydrogen-bond donors (Lipinski definition) is 0. The van der Waals surface area contributed by atoms with E-state index < -0.39 is 0 Å². The maximum atomic E-state index is 6.04. The summed E-state index contributed by atoms with van der Waals surface area (Å²) in [6.45, 7) is 9.11. The molecule has 1 heterocycles. The zero-order valence-electron chi connectivity index (χ0n) is 17.3. The topological polar surface area (TPSA) is 50.6 Å². The molecule has 0 aliphatic heterocycles. The van der Waals surface area contributed by atoms with E-state index in [2.05, 4.69) is 28.2 Å². The molecule has 2 aromatic carbocycles. The van der Waals surface area contributed by atoms with Crippen molar-refractivity contribution in [2.24, 2.45) is 4.99 Å². The van der Waals surface area contributed by atoms with Gasteiger partial charge in [-0.3, -0.25) is 0 Å². The lowest BCUT2D eigenvalue weighted by Gasteiger charge is -2.11. The minimum atomic E-state index is 0.0657. The Labute approximate surface area is 181 Å². The largest absolute Gasteiger partial charge is 0.430 e. The van der Waals surface area contributed by atoms with Crippen LogP contribution in [0.3, 0.4) is 0 Å². The lowest BCUT2D eigenvalue weighted by atomic mass is 10.0. The minimum Gasteiger partial charge on any atom is -0.430 e. The number of aryl methyl sites for hydroxylation is 2. The summed E-state index contributed by atoms with van der Waals surface area (Å²) in [6, 6.07) is 11.8. The first-order valence-electron chi connectivity index (χ1n) is 9.50. The highest BCUT2D eigenvalue weighted by Crippen LogP contribution is 2.33. The monoisotopic (exact) mass is 428 g/mol. The number of nitrogens with zero attached hydrogens (tertiary/aromatic N) is 4. The highest BCUT2D eigenvalue weighted by atomic mass is 35.5. The molecular formula is C22H25ClN4OS. The minimum absolute atomic E-state index is 0.0657. The van der Waals surface area contributed by atoms with Gasteiger partial charge in [0.05, 0.1) is 12.0 Å². The number of rotatable bonds is 7. The maximum absolute atomic E-state index is 6.04. The Hall–Kier alpha value is -2.44. The smallest absolute Gasteiger partial charge is 0.298 e. The van der Waals surface area contributed by atoms with Crippen LogP contribution in [-0.2, 0) is 0 Å². The van der Waals surface area contributed by atoms with Crippen molar-refractivity contribution in [1.82, 2.24) is 14.3 Å². The van der Waals surface area contributed by atoms with Crippen LogP contribution in [0.1, 0.15) is 42.3 Å². The average molecular weight is 429 g/mol. The Morgan fingerprint density at radius 3 is 2.62 bits per heavy atom. The second kappa shape index (κ2) is 9.37. The summed E-state index contributed by atoms with van der Waals surface area (Å²) in [4.78, 5) is 11.2. The van der Waals surface area contributed by atoms with Crippen LogP contribution >= 0.6 is 23.1 Å². The van der Waals surface area contributed by atoms with Gasteiger partial charge in [-0.05, 0) is 61.7 Å². The van der Waals surface area contributed by atoms with Gasteiger partial charge in [0.15, 0.2) is 5.82 Å². The number of halogens is 1. The van der Waals surface area contributed by atoms with Gasteiger partial charge in [-0.2, -0.15) is 9.36 Å². The lowest BCUT2D eigenvalue weighted by Crippen LogP contribution is -2.14. The van der Waals surface area contributed by atoms with Gasteiger partial charge >= 0.3 is 0 Å². The summed E-state index contributed by atoms with van der Waals surface area (Å²) < 4.78 is 10.5. The molecule has 1 aromatic heterocycles.